The summed E-state index contributed by atoms with van der Waals surface area (Å²) in [6, 6.07) is -0.160. The minimum atomic E-state index is -0.160. The Balaban J connectivity index is 2.19. The highest BCUT2D eigenvalue weighted by Crippen LogP contribution is 2.30. The van der Waals surface area contributed by atoms with Crippen LogP contribution in [-0.2, 0) is 0 Å². The highest BCUT2D eigenvalue weighted by molar-refractivity contribution is 6.05. The van der Waals surface area contributed by atoms with Crippen LogP contribution in [0, 0.1) is 19.8 Å². The van der Waals surface area contributed by atoms with Gasteiger partial charge in [0, 0.05) is 17.8 Å². The molecule has 1 heterocycles. The third kappa shape index (κ3) is 2.85. The first-order valence-electron chi connectivity index (χ1n) is 7.27. The van der Waals surface area contributed by atoms with Crippen molar-refractivity contribution in [2.24, 2.45) is 5.92 Å². The molecule has 0 saturated heterocycles. The van der Waals surface area contributed by atoms with Crippen molar-refractivity contribution >= 4 is 11.6 Å². The zero-order valence-electron chi connectivity index (χ0n) is 13.0. The van der Waals surface area contributed by atoms with Crippen LogP contribution in [0.4, 0.5) is 0 Å². The molecule has 4 heteroatoms. The highest BCUT2D eigenvalue weighted by atomic mass is 16.1. The Morgan fingerprint density at radius 1 is 1.35 bits per heavy atom. The first kappa shape index (κ1) is 15.0. The third-order valence-electron chi connectivity index (χ3n) is 4.32. The Morgan fingerprint density at radius 2 is 1.95 bits per heavy atom. The topological polar surface area (TPSA) is 53.2 Å². The van der Waals surface area contributed by atoms with Crippen LogP contribution in [0.15, 0.2) is 0 Å². The molecule has 0 bridgehead atoms. The average molecular weight is 276 g/mol. The number of H-pyrrole nitrogens is 1. The number of carbonyl (C=O) groups excluding carboxylic acids is 2. The third-order valence-corrected chi connectivity index (χ3v) is 4.32. The molecule has 0 aliphatic heterocycles. The molecule has 0 radical (unpaired) electrons. The number of rotatable bonds is 6. The molecule has 0 unspecified atom stereocenters. The van der Waals surface area contributed by atoms with Crippen LogP contribution in [-0.4, -0.2) is 41.1 Å². The van der Waals surface area contributed by atoms with Crippen LogP contribution in [0.1, 0.15) is 58.8 Å². The molecule has 1 atom stereocenters. The maximum absolute atomic E-state index is 12.6. The molecule has 1 aliphatic rings. The molecule has 0 spiro atoms. The molecule has 1 aromatic heterocycles. The van der Waals surface area contributed by atoms with Crippen LogP contribution in [0.5, 0.6) is 0 Å². The van der Waals surface area contributed by atoms with Crippen molar-refractivity contribution in [1.82, 2.24) is 9.88 Å². The Kier molecular flexibility index (Phi) is 4.14. The molecule has 1 aliphatic carbocycles. The van der Waals surface area contributed by atoms with Gasteiger partial charge in [0.15, 0.2) is 11.6 Å². The number of Topliss-reactive ketones (excluding diaryl/α,β-unsaturated/α-hetero) is 2. The lowest BCUT2D eigenvalue weighted by molar-refractivity contribution is 0.0859. The minimum absolute atomic E-state index is 0.00860. The molecule has 4 nitrogen and oxygen atoms in total. The fourth-order valence-electron chi connectivity index (χ4n) is 2.80. The lowest BCUT2D eigenvalue weighted by Gasteiger charge is -2.23. The lowest BCUT2D eigenvalue weighted by atomic mass is 10.0. The molecule has 1 N–H and O–H groups in total. The Labute approximate surface area is 120 Å². The fraction of sp³-hybridized carbons (Fsp3) is 0.625. The molecule has 1 saturated carbocycles. The largest absolute Gasteiger partial charge is 0.355 e. The number of nitrogens with one attached hydrogen (secondary N) is 1. The van der Waals surface area contributed by atoms with Gasteiger partial charge >= 0.3 is 0 Å². The maximum Gasteiger partial charge on any atom is 0.196 e. The predicted octanol–water partition coefficient (Wildman–Crippen LogP) is 2.75. The second kappa shape index (κ2) is 5.52. The summed E-state index contributed by atoms with van der Waals surface area (Å²) < 4.78 is 0. The summed E-state index contributed by atoms with van der Waals surface area (Å²) in [4.78, 5) is 29.5. The van der Waals surface area contributed by atoms with E-state index < -0.39 is 0 Å². The first-order chi connectivity index (χ1) is 9.32. The summed E-state index contributed by atoms with van der Waals surface area (Å²) in [5, 5.41) is 0. The van der Waals surface area contributed by atoms with Gasteiger partial charge in [-0.25, -0.2) is 0 Å². The van der Waals surface area contributed by atoms with Gasteiger partial charge in [0.2, 0.25) is 0 Å². The van der Waals surface area contributed by atoms with Crippen molar-refractivity contribution in [2.45, 2.75) is 46.6 Å². The molecule has 1 aromatic rings. The van der Waals surface area contributed by atoms with E-state index in [0.717, 1.165) is 23.7 Å². The molecule has 2 rings (SSSR count). The van der Waals surface area contributed by atoms with Gasteiger partial charge < -0.3 is 4.98 Å². The van der Waals surface area contributed by atoms with Crippen LogP contribution >= 0.6 is 0 Å². The SMILES string of the molecule is CC(=O)c1c(C)[nH]c(C(=O)[C@@H](C)N(C)CC2CC2)c1C. The normalized spacial score (nSPS) is 16.5. The Hall–Kier alpha value is -1.42. The van der Waals surface area contributed by atoms with Crippen molar-refractivity contribution in [3.8, 4) is 0 Å². The van der Waals surface area contributed by atoms with E-state index in [0.29, 0.717) is 11.3 Å². The van der Waals surface area contributed by atoms with Gasteiger partial charge in [-0.3, -0.25) is 14.5 Å². The van der Waals surface area contributed by atoms with Gasteiger partial charge in [0.25, 0.3) is 0 Å². The number of aromatic amines is 1. The quantitative estimate of drug-likeness (QED) is 0.813. The van der Waals surface area contributed by atoms with Gasteiger partial charge in [-0.2, -0.15) is 0 Å². The highest BCUT2D eigenvalue weighted by Gasteiger charge is 2.29. The van der Waals surface area contributed by atoms with Gasteiger partial charge in [-0.1, -0.05) is 0 Å². The van der Waals surface area contributed by atoms with E-state index in [4.69, 9.17) is 0 Å². The van der Waals surface area contributed by atoms with E-state index in [2.05, 4.69) is 9.88 Å². The van der Waals surface area contributed by atoms with E-state index in [1.54, 1.807) is 6.92 Å². The number of likely N-dealkylation sites (N-methyl/N-ethyl adjacent to an activating group) is 1. The molecule has 0 amide bonds. The van der Waals surface area contributed by atoms with Gasteiger partial charge in [0.1, 0.15) is 0 Å². The number of hydrogen-bond donors (Lipinski definition) is 1. The first-order valence-corrected chi connectivity index (χ1v) is 7.27. The molecule has 1 fully saturated rings. The number of aromatic nitrogens is 1. The van der Waals surface area contributed by atoms with Gasteiger partial charge in [-0.15, -0.1) is 0 Å². The summed E-state index contributed by atoms with van der Waals surface area (Å²) in [5.74, 6) is 0.838. The summed E-state index contributed by atoms with van der Waals surface area (Å²) >= 11 is 0. The number of carbonyl (C=O) groups is 2. The number of nitrogens with zero attached hydrogens (tertiary/aromatic N) is 1. The van der Waals surface area contributed by atoms with Gasteiger partial charge in [0.05, 0.1) is 11.7 Å². The van der Waals surface area contributed by atoms with Crippen molar-refractivity contribution in [3.05, 3.63) is 22.5 Å². The minimum Gasteiger partial charge on any atom is -0.355 e. The molecule has 0 aromatic carbocycles. The van der Waals surface area contributed by atoms with Crippen LogP contribution < -0.4 is 0 Å². The standard InChI is InChI=1S/C16H24N2O2/c1-9-14(12(4)19)10(2)17-15(9)16(20)11(3)18(5)8-13-6-7-13/h11,13,17H,6-8H2,1-5H3/t11-/m1/s1. The Bertz CT molecular complexity index is 541. The fourth-order valence-corrected chi connectivity index (χ4v) is 2.80. The molecule has 110 valence electrons. The lowest BCUT2D eigenvalue weighted by Crippen LogP contribution is -2.37. The number of aryl methyl sites for hydroxylation is 1. The number of ketones is 2. The van der Waals surface area contributed by atoms with E-state index in [1.807, 2.05) is 27.8 Å². The van der Waals surface area contributed by atoms with Gasteiger partial charge in [-0.05, 0) is 59.1 Å². The van der Waals surface area contributed by atoms with E-state index >= 15 is 0 Å². The van der Waals surface area contributed by atoms with Crippen LogP contribution in [0.25, 0.3) is 0 Å². The monoisotopic (exact) mass is 276 g/mol. The second-order valence-electron chi connectivity index (χ2n) is 6.10. The van der Waals surface area contributed by atoms with Crippen LogP contribution in [0.3, 0.4) is 0 Å². The second-order valence-corrected chi connectivity index (χ2v) is 6.10. The average Bonchev–Trinajstić information content (AvgIpc) is 3.12. The summed E-state index contributed by atoms with van der Waals surface area (Å²) in [7, 11) is 2.00. The van der Waals surface area contributed by atoms with Crippen molar-refractivity contribution in [2.75, 3.05) is 13.6 Å². The van der Waals surface area contributed by atoms with E-state index in [1.165, 1.54) is 12.8 Å². The molecular weight excluding hydrogens is 252 g/mol. The summed E-state index contributed by atoms with van der Waals surface area (Å²) in [5.41, 5.74) is 2.82. The molecule has 20 heavy (non-hydrogen) atoms. The van der Waals surface area contributed by atoms with Crippen LogP contribution in [0.2, 0.25) is 0 Å². The summed E-state index contributed by atoms with van der Waals surface area (Å²) in [6.07, 6.45) is 2.56. The zero-order valence-corrected chi connectivity index (χ0v) is 13.0. The Morgan fingerprint density at radius 3 is 2.40 bits per heavy atom. The van der Waals surface area contributed by atoms with Crippen molar-refractivity contribution in [1.29, 1.82) is 0 Å². The van der Waals surface area contributed by atoms with E-state index in [9.17, 15) is 9.59 Å². The predicted molar refractivity (Wildman–Crippen MR) is 79.4 cm³/mol. The van der Waals surface area contributed by atoms with Crippen molar-refractivity contribution < 1.29 is 9.59 Å². The zero-order chi connectivity index (χ0) is 15.0. The molecular formula is C16H24N2O2. The summed E-state index contributed by atoms with van der Waals surface area (Å²) in [6.45, 7) is 8.15. The number of hydrogen-bond acceptors (Lipinski definition) is 3. The maximum atomic E-state index is 12.6. The smallest absolute Gasteiger partial charge is 0.196 e. The van der Waals surface area contributed by atoms with Crippen molar-refractivity contribution in [3.63, 3.8) is 0 Å². The van der Waals surface area contributed by atoms with E-state index in [-0.39, 0.29) is 17.6 Å².